The first-order valence-electron chi connectivity index (χ1n) is 5.81. The Balaban J connectivity index is 2.75. The van der Waals surface area contributed by atoms with Gasteiger partial charge in [-0.25, -0.2) is 0 Å². The molecule has 0 aromatic heterocycles. The van der Waals surface area contributed by atoms with Crippen LogP contribution >= 0.6 is 0 Å². The third-order valence-corrected chi connectivity index (χ3v) is 2.51. The van der Waals surface area contributed by atoms with Crippen molar-refractivity contribution < 1.29 is 19.6 Å². The van der Waals surface area contributed by atoms with Crippen LogP contribution in [0, 0.1) is 10.1 Å². The Morgan fingerprint density at radius 1 is 1.47 bits per heavy atom. The Morgan fingerprint density at radius 2 is 2.21 bits per heavy atom. The van der Waals surface area contributed by atoms with E-state index in [-0.39, 0.29) is 29.5 Å². The molecule has 7 nitrogen and oxygen atoms in total. The number of amides is 1. The number of nitrogens with zero attached hydrogens (tertiary/aromatic N) is 1. The van der Waals surface area contributed by atoms with Gasteiger partial charge in [-0.1, -0.05) is 0 Å². The maximum Gasteiger partial charge on any atom is 0.311 e. The first kappa shape index (κ1) is 14.9. The molecule has 0 heterocycles. The van der Waals surface area contributed by atoms with Crippen molar-refractivity contribution in [1.82, 2.24) is 5.32 Å². The lowest BCUT2D eigenvalue weighted by atomic mass is 10.1. The van der Waals surface area contributed by atoms with Crippen molar-refractivity contribution in [2.45, 2.75) is 12.8 Å². The maximum atomic E-state index is 11.7. The molecular formula is C12H16N2O5. The number of benzene rings is 1. The third-order valence-electron chi connectivity index (χ3n) is 2.51. The first-order chi connectivity index (χ1) is 9.10. The molecule has 0 radical (unpaired) electrons. The Bertz CT molecular complexity index is 461. The summed E-state index contributed by atoms with van der Waals surface area (Å²) in [5.41, 5.74) is -0.0398. The molecule has 0 saturated heterocycles. The van der Waals surface area contributed by atoms with Crippen molar-refractivity contribution in [3.63, 3.8) is 0 Å². The van der Waals surface area contributed by atoms with Gasteiger partial charge in [-0.2, -0.15) is 0 Å². The molecule has 0 spiro atoms. The van der Waals surface area contributed by atoms with E-state index in [2.05, 4.69) is 5.32 Å². The predicted octanol–water partition coefficient (Wildman–Crippen LogP) is 1.11. The van der Waals surface area contributed by atoms with E-state index < -0.39 is 4.92 Å². The van der Waals surface area contributed by atoms with Crippen molar-refractivity contribution in [3.8, 4) is 5.75 Å². The molecule has 0 aliphatic heterocycles. The second-order valence-electron chi connectivity index (χ2n) is 3.83. The van der Waals surface area contributed by atoms with Crippen molar-refractivity contribution >= 4 is 11.6 Å². The average molecular weight is 268 g/mol. The van der Waals surface area contributed by atoms with E-state index in [9.17, 15) is 14.9 Å². The minimum Gasteiger partial charge on any atom is -0.490 e. The summed E-state index contributed by atoms with van der Waals surface area (Å²) >= 11 is 0. The Kier molecular flexibility index (Phi) is 5.74. The molecule has 0 aliphatic carbocycles. The van der Waals surface area contributed by atoms with Crippen LogP contribution in [0.5, 0.6) is 5.75 Å². The molecule has 0 aliphatic rings. The molecule has 0 bridgehead atoms. The monoisotopic (exact) mass is 268 g/mol. The average Bonchev–Trinajstić information content (AvgIpc) is 2.42. The molecule has 2 N–H and O–H groups in total. The number of aliphatic hydroxyl groups is 1. The van der Waals surface area contributed by atoms with Crippen LogP contribution in [-0.2, 0) is 0 Å². The normalized spacial score (nSPS) is 10.0. The lowest BCUT2D eigenvalue weighted by molar-refractivity contribution is -0.385. The zero-order valence-electron chi connectivity index (χ0n) is 10.6. The van der Waals surface area contributed by atoms with E-state index in [1.807, 2.05) is 0 Å². The van der Waals surface area contributed by atoms with E-state index in [1.165, 1.54) is 25.3 Å². The number of ether oxygens (including phenoxy) is 1. The Labute approximate surface area is 110 Å². The van der Waals surface area contributed by atoms with Crippen LogP contribution in [0.4, 0.5) is 5.69 Å². The van der Waals surface area contributed by atoms with Crippen LogP contribution in [0.1, 0.15) is 23.2 Å². The Morgan fingerprint density at radius 3 is 2.79 bits per heavy atom. The van der Waals surface area contributed by atoms with Crippen molar-refractivity contribution in [3.05, 3.63) is 33.9 Å². The minimum absolute atomic E-state index is 0.0733. The first-order valence-corrected chi connectivity index (χ1v) is 5.81. The van der Waals surface area contributed by atoms with E-state index in [4.69, 9.17) is 9.84 Å². The lowest BCUT2D eigenvalue weighted by Crippen LogP contribution is -2.24. The molecule has 1 rings (SSSR count). The quantitative estimate of drug-likeness (QED) is 0.438. The molecule has 0 fully saturated rings. The summed E-state index contributed by atoms with van der Waals surface area (Å²) < 4.78 is 4.85. The number of rotatable bonds is 7. The third kappa shape index (κ3) is 4.22. The van der Waals surface area contributed by atoms with Gasteiger partial charge < -0.3 is 15.2 Å². The fourth-order valence-corrected chi connectivity index (χ4v) is 1.51. The van der Waals surface area contributed by atoms with Crippen LogP contribution in [0.15, 0.2) is 18.2 Å². The summed E-state index contributed by atoms with van der Waals surface area (Å²) in [5, 5.41) is 22.0. The predicted molar refractivity (Wildman–Crippen MR) is 68.3 cm³/mol. The lowest BCUT2D eigenvalue weighted by Gasteiger charge is -2.06. The van der Waals surface area contributed by atoms with Gasteiger partial charge in [0.2, 0.25) is 0 Å². The van der Waals surface area contributed by atoms with Crippen LogP contribution in [0.3, 0.4) is 0 Å². The number of unbranched alkanes of at least 4 members (excludes halogenated alkanes) is 1. The fraction of sp³-hybridized carbons (Fsp3) is 0.417. The molecule has 19 heavy (non-hydrogen) atoms. The van der Waals surface area contributed by atoms with E-state index in [1.54, 1.807) is 0 Å². The topological polar surface area (TPSA) is 102 Å². The highest BCUT2D eigenvalue weighted by molar-refractivity contribution is 5.95. The molecule has 0 atom stereocenters. The number of hydrogen-bond donors (Lipinski definition) is 2. The zero-order chi connectivity index (χ0) is 14.3. The highest BCUT2D eigenvalue weighted by Crippen LogP contribution is 2.27. The Hall–Kier alpha value is -2.15. The van der Waals surface area contributed by atoms with Crippen molar-refractivity contribution in [1.29, 1.82) is 0 Å². The molecule has 0 saturated carbocycles. The summed E-state index contributed by atoms with van der Waals surface area (Å²) in [7, 11) is 1.33. The number of carbonyl (C=O) groups is 1. The van der Waals surface area contributed by atoms with Crippen LogP contribution in [0.2, 0.25) is 0 Å². The van der Waals surface area contributed by atoms with Crippen molar-refractivity contribution in [2.75, 3.05) is 20.3 Å². The van der Waals surface area contributed by atoms with Crippen molar-refractivity contribution in [2.24, 2.45) is 0 Å². The fourth-order valence-electron chi connectivity index (χ4n) is 1.51. The number of carbonyl (C=O) groups excluding carboxylic acids is 1. The maximum absolute atomic E-state index is 11.7. The van der Waals surface area contributed by atoms with Crippen LogP contribution in [0.25, 0.3) is 0 Å². The molecule has 0 unspecified atom stereocenters. The second kappa shape index (κ2) is 7.32. The van der Waals surface area contributed by atoms with Gasteiger partial charge in [0.15, 0.2) is 5.75 Å². The highest BCUT2D eigenvalue weighted by atomic mass is 16.6. The molecule has 1 aromatic rings. The second-order valence-corrected chi connectivity index (χ2v) is 3.83. The standard InChI is InChI=1S/C12H16N2O5/c1-19-11-5-4-9(8-10(11)14(17)18)12(16)13-6-2-3-7-15/h4-5,8,15H,2-3,6-7H2,1H3,(H,13,16). The van der Waals surface area contributed by atoms with Crippen LogP contribution < -0.4 is 10.1 Å². The van der Waals surface area contributed by atoms with Gasteiger partial charge in [-0.05, 0) is 25.0 Å². The molecular weight excluding hydrogens is 252 g/mol. The van der Waals surface area contributed by atoms with Gasteiger partial charge in [0.05, 0.1) is 12.0 Å². The van der Waals surface area contributed by atoms with Gasteiger partial charge in [0, 0.05) is 24.8 Å². The number of nitro groups is 1. The summed E-state index contributed by atoms with van der Waals surface area (Å²) in [4.78, 5) is 22.0. The highest BCUT2D eigenvalue weighted by Gasteiger charge is 2.17. The van der Waals surface area contributed by atoms with Gasteiger partial charge in [0.25, 0.3) is 5.91 Å². The number of methoxy groups -OCH3 is 1. The van der Waals surface area contributed by atoms with Gasteiger partial charge in [-0.15, -0.1) is 0 Å². The van der Waals surface area contributed by atoms with Gasteiger partial charge >= 0.3 is 5.69 Å². The minimum atomic E-state index is -0.596. The summed E-state index contributed by atoms with van der Waals surface area (Å²) in [5.74, 6) is -0.273. The van der Waals surface area contributed by atoms with E-state index in [0.29, 0.717) is 19.4 Å². The summed E-state index contributed by atoms with van der Waals surface area (Å²) in [6, 6.07) is 4.04. The van der Waals surface area contributed by atoms with Gasteiger partial charge in [-0.3, -0.25) is 14.9 Å². The number of hydrogen-bond acceptors (Lipinski definition) is 5. The molecule has 7 heteroatoms. The zero-order valence-corrected chi connectivity index (χ0v) is 10.6. The molecule has 1 aromatic carbocycles. The largest absolute Gasteiger partial charge is 0.490 e. The summed E-state index contributed by atoms with van der Waals surface area (Å²) in [6.45, 7) is 0.489. The molecule has 1 amide bonds. The SMILES string of the molecule is COc1ccc(C(=O)NCCCCO)cc1[N+](=O)[O-]. The number of nitrogens with one attached hydrogen (secondary N) is 1. The van der Waals surface area contributed by atoms with Gasteiger partial charge in [0.1, 0.15) is 0 Å². The smallest absolute Gasteiger partial charge is 0.311 e. The van der Waals surface area contributed by atoms with Crippen LogP contribution in [-0.4, -0.2) is 36.2 Å². The number of aliphatic hydroxyl groups excluding tert-OH is 1. The summed E-state index contributed by atoms with van der Waals surface area (Å²) in [6.07, 6.45) is 1.25. The number of nitro benzene ring substituents is 1. The molecule has 104 valence electrons. The van der Waals surface area contributed by atoms with E-state index >= 15 is 0 Å². The van der Waals surface area contributed by atoms with E-state index in [0.717, 1.165) is 0 Å².